The number of pyridine rings is 1. The average molecular weight is 396 g/mol. The Morgan fingerprint density at radius 2 is 1.54 bits per heavy atom. The summed E-state index contributed by atoms with van der Waals surface area (Å²) in [6.07, 6.45) is 0. The summed E-state index contributed by atoms with van der Waals surface area (Å²) in [7, 11) is 0. The van der Waals surface area contributed by atoms with Gasteiger partial charge in [-0.1, -0.05) is 29.8 Å². The zero-order chi connectivity index (χ0) is 19.9. The molecule has 0 aliphatic heterocycles. The van der Waals surface area contributed by atoms with Crippen LogP contribution in [0.3, 0.4) is 0 Å². The monoisotopic (exact) mass is 395 g/mol. The van der Waals surface area contributed by atoms with Gasteiger partial charge in [0.25, 0.3) is 11.8 Å². The molecule has 0 aliphatic rings. The van der Waals surface area contributed by atoms with Crippen molar-refractivity contribution in [2.24, 2.45) is 0 Å². The van der Waals surface area contributed by atoms with Gasteiger partial charge in [-0.3, -0.25) is 9.59 Å². The Kier molecular flexibility index (Phi) is 6.24. The van der Waals surface area contributed by atoms with Crippen LogP contribution in [0.2, 0.25) is 5.02 Å². The molecule has 0 atom stereocenters. The Balaban J connectivity index is 1.74. The van der Waals surface area contributed by atoms with Gasteiger partial charge >= 0.3 is 0 Å². The Bertz CT molecular complexity index is 990. The molecule has 0 saturated carbocycles. The van der Waals surface area contributed by atoms with Crippen LogP contribution >= 0.6 is 11.6 Å². The minimum absolute atomic E-state index is 0.120. The summed E-state index contributed by atoms with van der Waals surface area (Å²) in [4.78, 5) is 29.1. The van der Waals surface area contributed by atoms with Crippen molar-refractivity contribution in [3.8, 4) is 5.75 Å². The number of carbonyl (C=O) groups is 2. The zero-order valence-electron chi connectivity index (χ0n) is 15.1. The van der Waals surface area contributed by atoms with E-state index < -0.39 is 11.8 Å². The fourth-order valence-electron chi connectivity index (χ4n) is 2.45. The van der Waals surface area contributed by atoms with Gasteiger partial charge in [0.2, 0.25) is 0 Å². The summed E-state index contributed by atoms with van der Waals surface area (Å²) in [5, 5.41) is 6.05. The number of benzene rings is 2. The maximum Gasteiger partial charge on any atom is 0.274 e. The zero-order valence-corrected chi connectivity index (χ0v) is 15.9. The minimum atomic E-state index is -0.437. The van der Waals surface area contributed by atoms with Crippen molar-refractivity contribution in [1.82, 2.24) is 4.98 Å². The second kappa shape index (κ2) is 9.01. The highest BCUT2D eigenvalue weighted by Gasteiger charge is 2.14. The van der Waals surface area contributed by atoms with Crippen LogP contribution in [0, 0.1) is 0 Å². The second-order valence-electron chi connectivity index (χ2n) is 5.75. The summed E-state index contributed by atoms with van der Waals surface area (Å²) >= 11 is 5.84. The summed E-state index contributed by atoms with van der Waals surface area (Å²) in [6, 6.07) is 18.5. The van der Waals surface area contributed by atoms with Crippen molar-refractivity contribution in [3.05, 3.63) is 83.1 Å². The smallest absolute Gasteiger partial charge is 0.274 e. The van der Waals surface area contributed by atoms with Gasteiger partial charge in [0.15, 0.2) is 0 Å². The average Bonchev–Trinajstić information content (AvgIpc) is 2.71. The molecule has 0 saturated heterocycles. The normalized spacial score (nSPS) is 10.2. The Hall–Kier alpha value is -3.38. The molecule has 3 rings (SSSR count). The van der Waals surface area contributed by atoms with Crippen LogP contribution in [0.1, 0.15) is 27.9 Å². The van der Waals surface area contributed by atoms with Crippen LogP contribution in [0.25, 0.3) is 0 Å². The van der Waals surface area contributed by atoms with E-state index in [1.54, 1.807) is 48.5 Å². The number of ether oxygens (including phenoxy) is 1. The molecule has 0 unspecified atom stereocenters. The van der Waals surface area contributed by atoms with Crippen LogP contribution in [-0.2, 0) is 0 Å². The fourth-order valence-corrected chi connectivity index (χ4v) is 2.58. The first kappa shape index (κ1) is 19.4. The topological polar surface area (TPSA) is 80.3 Å². The van der Waals surface area contributed by atoms with E-state index in [1.165, 1.54) is 12.1 Å². The SMILES string of the molecule is CCOc1ccccc1NC(=O)c1cccc(C(=O)Nc2ccc(Cl)cc2)n1. The molecular weight excluding hydrogens is 378 g/mol. The van der Waals surface area contributed by atoms with Crippen LogP contribution in [0.15, 0.2) is 66.7 Å². The summed E-state index contributed by atoms with van der Waals surface area (Å²) in [6.45, 7) is 2.34. The van der Waals surface area contributed by atoms with Gasteiger partial charge in [-0.2, -0.15) is 0 Å². The first-order valence-electron chi connectivity index (χ1n) is 8.64. The van der Waals surface area contributed by atoms with Crippen molar-refractivity contribution in [2.45, 2.75) is 6.92 Å². The Morgan fingerprint density at radius 3 is 2.21 bits per heavy atom. The van der Waals surface area contributed by atoms with Crippen LogP contribution in [0.5, 0.6) is 5.75 Å². The lowest BCUT2D eigenvalue weighted by Crippen LogP contribution is -2.18. The van der Waals surface area contributed by atoms with E-state index in [-0.39, 0.29) is 11.4 Å². The van der Waals surface area contributed by atoms with Gasteiger partial charge < -0.3 is 15.4 Å². The summed E-state index contributed by atoms with van der Waals surface area (Å²) in [5.41, 5.74) is 1.36. The fraction of sp³-hybridized carbons (Fsp3) is 0.0952. The molecule has 28 heavy (non-hydrogen) atoms. The molecule has 1 aromatic heterocycles. The molecule has 0 bridgehead atoms. The third kappa shape index (κ3) is 4.86. The highest BCUT2D eigenvalue weighted by atomic mass is 35.5. The van der Waals surface area contributed by atoms with E-state index in [0.29, 0.717) is 28.8 Å². The lowest BCUT2D eigenvalue weighted by atomic mass is 10.2. The van der Waals surface area contributed by atoms with Crippen LogP contribution in [0.4, 0.5) is 11.4 Å². The van der Waals surface area contributed by atoms with Gasteiger partial charge in [-0.15, -0.1) is 0 Å². The molecule has 0 fully saturated rings. The van der Waals surface area contributed by atoms with E-state index in [9.17, 15) is 9.59 Å². The van der Waals surface area contributed by atoms with Crippen molar-refractivity contribution >= 4 is 34.8 Å². The predicted octanol–water partition coefficient (Wildman–Crippen LogP) is 4.64. The standard InChI is InChI=1S/C21H18ClN3O3/c1-2-28-19-9-4-3-6-16(19)25-21(27)18-8-5-7-17(24-18)20(26)23-15-12-10-14(22)11-13-15/h3-13H,2H2,1H3,(H,23,26)(H,25,27). The first-order chi connectivity index (χ1) is 13.6. The van der Waals surface area contributed by atoms with Gasteiger partial charge in [0.05, 0.1) is 12.3 Å². The van der Waals surface area contributed by atoms with E-state index >= 15 is 0 Å². The van der Waals surface area contributed by atoms with E-state index in [0.717, 1.165) is 0 Å². The number of para-hydroxylation sites is 2. The Labute approximate surface area is 167 Å². The molecule has 142 valence electrons. The lowest BCUT2D eigenvalue weighted by molar-refractivity contribution is 0.101. The maximum absolute atomic E-state index is 12.6. The van der Waals surface area contributed by atoms with Crippen molar-refractivity contribution < 1.29 is 14.3 Å². The molecule has 7 heteroatoms. The number of rotatable bonds is 6. The molecule has 2 amide bonds. The third-order valence-corrected chi connectivity index (χ3v) is 4.00. The number of hydrogen-bond acceptors (Lipinski definition) is 4. The Morgan fingerprint density at radius 1 is 0.893 bits per heavy atom. The lowest BCUT2D eigenvalue weighted by Gasteiger charge is -2.11. The number of anilines is 2. The first-order valence-corrected chi connectivity index (χ1v) is 9.02. The number of aromatic nitrogens is 1. The molecule has 0 radical (unpaired) electrons. The van der Waals surface area contributed by atoms with Crippen LogP contribution < -0.4 is 15.4 Å². The van der Waals surface area contributed by atoms with Gasteiger partial charge in [0, 0.05) is 10.7 Å². The van der Waals surface area contributed by atoms with Crippen molar-refractivity contribution in [2.75, 3.05) is 17.2 Å². The molecule has 6 nitrogen and oxygen atoms in total. The van der Waals surface area contributed by atoms with Gasteiger partial charge in [-0.25, -0.2) is 4.98 Å². The third-order valence-electron chi connectivity index (χ3n) is 3.75. The predicted molar refractivity (Wildman–Crippen MR) is 109 cm³/mol. The minimum Gasteiger partial charge on any atom is -0.492 e. The largest absolute Gasteiger partial charge is 0.492 e. The maximum atomic E-state index is 12.6. The molecule has 0 aliphatic carbocycles. The molecule has 3 aromatic rings. The summed E-state index contributed by atoms with van der Waals surface area (Å²) < 4.78 is 5.50. The van der Waals surface area contributed by atoms with Gasteiger partial charge in [-0.05, 0) is 55.5 Å². The van der Waals surface area contributed by atoms with Crippen molar-refractivity contribution in [1.29, 1.82) is 0 Å². The number of amides is 2. The highest BCUT2D eigenvalue weighted by molar-refractivity contribution is 6.30. The van der Waals surface area contributed by atoms with Crippen molar-refractivity contribution in [3.63, 3.8) is 0 Å². The summed E-state index contributed by atoms with van der Waals surface area (Å²) in [5.74, 6) is -0.296. The van der Waals surface area contributed by atoms with E-state index in [2.05, 4.69) is 15.6 Å². The number of nitrogens with zero attached hydrogens (tertiary/aromatic N) is 1. The number of hydrogen-bond donors (Lipinski definition) is 2. The molecule has 1 heterocycles. The molecule has 2 N–H and O–H groups in total. The quantitative estimate of drug-likeness (QED) is 0.637. The number of halogens is 1. The van der Waals surface area contributed by atoms with E-state index in [4.69, 9.17) is 16.3 Å². The second-order valence-corrected chi connectivity index (χ2v) is 6.19. The molecule has 2 aromatic carbocycles. The van der Waals surface area contributed by atoms with Crippen LogP contribution in [-0.4, -0.2) is 23.4 Å². The molecule has 0 spiro atoms. The highest BCUT2D eigenvalue weighted by Crippen LogP contribution is 2.24. The van der Waals surface area contributed by atoms with Gasteiger partial charge in [0.1, 0.15) is 17.1 Å². The van der Waals surface area contributed by atoms with E-state index in [1.807, 2.05) is 13.0 Å². The number of nitrogens with one attached hydrogen (secondary N) is 2. The number of carbonyl (C=O) groups excluding carboxylic acids is 2. The molecular formula is C21H18ClN3O3.